The minimum absolute atomic E-state index is 0.200. The molecular formula is C15H18N6O3. The highest BCUT2D eigenvalue weighted by atomic mass is 16.4. The lowest BCUT2D eigenvalue weighted by Crippen LogP contribution is -2.30. The molecule has 1 heterocycles. The molecule has 2 aromatic rings. The van der Waals surface area contributed by atoms with Crippen LogP contribution in [0.1, 0.15) is 29.6 Å². The molecule has 0 saturated carbocycles. The SMILES string of the molecule is NC(CCCCNC(=O)c1ccc(-c2nncnn2)cc1)C(=O)O. The Morgan fingerprint density at radius 2 is 1.79 bits per heavy atom. The van der Waals surface area contributed by atoms with Crippen LogP contribution in [0, 0.1) is 0 Å². The van der Waals surface area contributed by atoms with Crippen LogP contribution < -0.4 is 11.1 Å². The molecule has 1 unspecified atom stereocenters. The van der Waals surface area contributed by atoms with Crippen LogP contribution in [0.3, 0.4) is 0 Å². The van der Waals surface area contributed by atoms with Crippen LogP contribution in [0.5, 0.6) is 0 Å². The van der Waals surface area contributed by atoms with Crippen molar-refractivity contribution in [3.05, 3.63) is 36.2 Å². The van der Waals surface area contributed by atoms with Gasteiger partial charge in [-0.1, -0.05) is 12.1 Å². The Labute approximate surface area is 138 Å². The van der Waals surface area contributed by atoms with Crippen molar-refractivity contribution in [2.45, 2.75) is 25.3 Å². The van der Waals surface area contributed by atoms with E-state index in [0.717, 1.165) is 5.56 Å². The second-order valence-corrected chi connectivity index (χ2v) is 5.14. The largest absolute Gasteiger partial charge is 0.480 e. The van der Waals surface area contributed by atoms with Crippen molar-refractivity contribution in [3.63, 3.8) is 0 Å². The maximum atomic E-state index is 12.0. The summed E-state index contributed by atoms with van der Waals surface area (Å²) in [4.78, 5) is 22.6. The number of aromatic nitrogens is 4. The molecule has 126 valence electrons. The molecule has 0 radical (unpaired) electrons. The topological polar surface area (TPSA) is 144 Å². The predicted octanol–water partition coefficient (Wildman–Crippen LogP) is 0.246. The number of nitrogens with one attached hydrogen (secondary N) is 1. The Morgan fingerprint density at radius 3 is 2.42 bits per heavy atom. The van der Waals surface area contributed by atoms with Crippen LogP contribution in [0.4, 0.5) is 0 Å². The number of benzene rings is 1. The van der Waals surface area contributed by atoms with Crippen LogP contribution in [-0.4, -0.2) is 50.0 Å². The number of nitrogens with two attached hydrogens (primary N) is 1. The first-order chi connectivity index (χ1) is 11.6. The highest BCUT2D eigenvalue weighted by Crippen LogP contribution is 2.13. The van der Waals surface area contributed by atoms with E-state index in [1.807, 2.05) is 0 Å². The van der Waals surface area contributed by atoms with Crippen LogP contribution in [-0.2, 0) is 4.79 Å². The standard InChI is InChI=1S/C15H18N6O3/c16-12(15(23)24)3-1-2-8-17-14(22)11-6-4-10(5-7-11)13-20-18-9-19-21-13/h4-7,9,12H,1-3,8,16H2,(H,17,22)(H,23,24). The van der Waals surface area contributed by atoms with Crippen LogP contribution in [0.15, 0.2) is 30.6 Å². The third-order valence-electron chi connectivity index (χ3n) is 3.36. The van der Waals surface area contributed by atoms with Crippen molar-refractivity contribution < 1.29 is 14.7 Å². The fourth-order valence-electron chi connectivity index (χ4n) is 2.01. The van der Waals surface area contributed by atoms with Crippen LogP contribution in [0.2, 0.25) is 0 Å². The van der Waals surface area contributed by atoms with Crippen LogP contribution in [0.25, 0.3) is 11.4 Å². The Morgan fingerprint density at radius 1 is 1.12 bits per heavy atom. The average Bonchev–Trinajstić information content (AvgIpc) is 2.62. The molecule has 4 N–H and O–H groups in total. The molecule has 0 saturated heterocycles. The summed E-state index contributed by atoms with van der Waals surface area (Å²) in [6.45, 7) is 0.461. The van der Waals surface area contributed by atoms with Crippen LogP contribution >= 0.6 is 0 Å². The smallest absolute Gasteiger partial charge is 0.320 e. The molecule has 0 fully saturated rings. The summed E-state index contributed by atoms with van der Waals surface area (Å²) < 4.78 is 0. The molecule has 9 nitrogen and oxygen atoms in total. The number of aliphatic carboxylic acids is 1. The third kappa shape index (κ3) is 5.06. The fraction of sp³-hybridized carbons (Fsp3) is 0.333. The average molecular weight is 330 g/mol. The van der Waals surface area contributed by atoms with E-state index in [4.69, 9.17) is 10.8 Å². The first-order valence-electron chi connectivity index (χ1n) is 7.45. The monoisotopic (exact) mass is 330 g/mol. The van der Waals surface area contributed by atoms with Gasteiger partial charge in [-0.25, -0.2) is 0 Å². The molecule has 0 aliphatic heterocycles. The maximum Gasteiger partial charge on any atom is 0.320 e. The summed E-state index contributed by atoms with van der Waals surface area (Å²) in [7, 11) is 0. The van der Waals surface area contributed by atoms with E-state index in [0.29, 0.717) is 37.2 Å². The number of carbonyl (C=O) groups is 2. The summed E-state index contributed by atoms with van der Waals surface area (Å²) >= 11 is 0. The number of nitrogens with zero attached hydrogens (tertiary/aromatic N) is 4. The quantitative estimate of drug-likeness (QED) is 0.584. The number of carboxylic acids is 1. The van der Waals surface area contributed by atoms with Gasteiger partial charge in [0.1, 0.15) is 6.04 Å². The third-order valence-corrected chi connectivity index (χ3v) is 3.36. The van der Waals surface area contributed by atoms with Gasteiger partial charge >= 0.3 is 5.97 Å². The van der Waals surface area contributed by atoms with Gasteiger partial charge in [-0.3, -0.25) is 9.59 Å². The molecule has 1 amide bonds. The van der Waals surface area contributed by atoms with E-state index >= 15 is 0 Å². The molecule has 1 aromatic heterocycles. The number of hydrogen-bond donors (Lipinski definition) is 3. The summed E-state index contributed by atoms with van der Waals surface area (Å²) in [6, 6.07) is 5.93. The second kappa shape index (κ2) is 8.63. The molecule has 24 heavy (non-hydrogen) atoms. The number of amides is 1. The van der Waals surface area contributed by atoms with Gasteiger partial charge in [0.25, 0.3) is 5.91 Å². The zero-order valence-electron chi connectivity index (χ0n) is 12.9. The Balaban J connectivity index is 1.78. The van der Waals surface area contributed by atoms with Gasteiger partial charge in [-0.15, -0.1) is 20.4 Å². The molecule has 0 aliphatic rings. The normalized spacial score (nSPS) is 11.7. The number of hydrogen-bond acceptors (Lipinski definition) is 7. The molecule has 0 aliphatic carbocycles. The van der Waals surface area contributed by atoms with Crippen molar-refractivity contribution in [3.8, 4) is 11.4 Å². The number of carbonyl (C=O) groups excluding carboxylic acids is 1. The number of unbranched alkanes of at least 4 members (excludes halogenated alkanes) is 1. The zero-order chi connectivity index (χ0) is 17.4. The molecule has 1 atom stereocenters. The first-order valence-corrected chi connectivity index (χ1v) is 7.45. The van der Waals surface area contributed by atoms with Gasteiger partial charge in [0, 0.05) is 17.7 Å². The number of carboxylic acid groups (broad SMARTS) is 1. The Hall–Kier alpha value is -2.94. The molecule has 0 bridgehead atoms. The van der Waals surface area contributed by atoms with E-state index in [1.165, 1.54) is 6.33 Å². The molecule has 9 heteroatoms. The highest BCUT2D eigenvalue weighted by Gasteiger charge is 2.10. The minimum Gasteiger partial charge on any atom is -0.480 e. The summed E-state index contributed by atoms with van der Waals surface area (Å²) in [5.41, 5.74) is 6.64. The summed E-state index contributed by atoms with van der Waals surface area (Å²) in [5.74, 6) is -0.819. The van der Waals surface area contributed by atoms with Gasteiger partial charge < -0.3 is 16.2 Å². The molecule has 0 spiro atoms. The minimum atomic E-state index is -1.01. The van der Waals surface area contributed by atoms with E-state index in [1.54, 1.807) is 24.3 Å². The number of rotatable bonds is 8. The molecule has 2 rings (SSSR count). The summed E-state index contributed by atoms with van der Waals surface area (Å²) in [6.07, 6.45) is 2.94. The van der Waals surface area contributed by atoms with Gasteiger partial charge in [-0.2, -0.15) is 0 Å². The fourth-order valence-corrected chi connectivity index (χ4v) is 2.01. The zero-order valence-corrected chi connectivity index (χ0v) is 12.9. The van der Waals surface area contributed by atoms with Crippen molar-refractivity contribution in [1.29, 1.82) is 0 Å². The second-order valence-electron chi connectivity index (χ2n) is 5.14. The van der Waals surface area contributed by atoms with Crippen molar-refractivity contribution in [1.82, 2.24) is 25.7 Å². The van der Waals surface area contributed by atoms with E-state index in [9.17, 15) is 9.59 Å². The lowest BCUT2D eigenvalue weighted by Gasteiger charge is -2.07. The lowest BCUT2D eigenvalue weighted by atomic mass is 10.1. The molecular weight excluding hydrogens is 312 g/mol. The van der Waals surface area contributed by atoms with Crippen molar-refractivity contribution >= 4 is 11.9 Å². The summed E-state index contributed by atoms with van der Waals surface area (Å²) in [5, 5.41) is 26.4. The van der Waals surface area contributed by atoms with Gasteiger partial charge in [0.2, 0.25) is 5.82 Å². The Bertz CT molecular complexity index is 677. The van der Waals surface area contributed by atoms with Gasteiger partial charge in [0.15, 0.2) is 6.33 Å². The maximum absolute atomic E-state index is 12.0. The van der Waals surface area contributed by atoms with E-state index in [2.05, 4.69) is 25.7 Å². The highest BCUT2D eigenvalue weighted by molar-refractivity contribution is 5.94. The first kappa shape index (κ1) is 17.4. The predicted molar refractivity (Wildman–Crippen MR) is 84.9 cm³/mol. The van der Waals surface area contributed by atoms with Crippen molar-refractivity contribution in [2.75, 3.05) is 6.54 Å². The molecule has 1 aromatic carbocycles. The van der Waals surface area contributed by atoms with Crippen molar-refractivity contribution in [2.24, 2.45) is 5.73 Å². The Kier molecular flexibility index (Phi) is 6.26. The van der Waals surface area contributed by atoms with Gasteiger partial charge in [-0.05, 0) is 31.4 Å². The van der Waals surface area contributed by atoms with E-state index in [-0.39, 0.29) is 5.91 Å². The van der Waals surface area contributed by atoms with Gasteiger partial charge in [0.05, 0.1) is 0 Å². The lowest BCUT2D eigenvalue weighted by molar-refractivity contribution is -0.138. The van der Waals surface area contributed by atoms with E-state index < -0.39 is 12.0 Å².